The highest BCUT2D eigenvalue weighted by atomic mass is 32.1. The van der Waals surface area contributed by atoms with E-state index in [0.29, 0.717) is 0 Å². The summed E-state index contributed by atoms with van der Waals surface area (Å²) in [6.45, 7) is -0.0810. The minimum atomic E-state index is -2.70. The van der Waals surface area contributed by atoms with Crippen molar-refractivity contribution >= 4 is 27.8 Å². The number of halogens is 2. The molecule has 0 spiro atoms. The van der Waals surface area contributed by atoms with Crippen LogP contribution < -0.4 is 4.90 Å². The van der Waals surface area contributed by atoms with E-state index in [-0.39, 0.29) is 22.2 Å². The third-order valence-corrected chi connectivity index (χ3v) is 3.54. The second-order valence-corrected chi connectivity index (χ2v) is 4.71. The topological polar surface area (TPSA) is 83.7 Å². The predicted molar refractivity (Wildman–Crippen MR) is 66.3 cm³/mol. The molecule has 1 heterocycles. The molecule has 1 rings (SSSR count). The van der Waals surface area contributed by atoms with Gasteiger partial charge < -0.3 is 10.0 Å². The molecule has 0 unspecified atom stereocenters. The lowest BCUT2D eigenvalue weighted by atomic mass is 10.3. The summed E-state index contributed by atoms with van der Waals surface area (Å²) < 4.78 is 24.9. The number of rotatable bonds is 7. The van der Waals surface area contributed by atoms with Crippen LogP contribution in [0.15, 0.2) is 6.07 Å². The molecule has 0 radical (unpaired) electrons. The van der Waals surface area contributed by atoms with Crippen molar-refractivity contribution < 1.29 is 23.6 Å². The zero-order valence-electron chi connectivity index (χ0n) is 10.0. The average Bonchev–Trinajstić information content (AvgIpc) is 2.72. The van der Waals surface area contributed by atoms with Gasteiger partial charge in [-0.1, -0.05) is 0 Å². The summed E-state index contributed by atoms with van der Waals surface area (Å²) in [5, 5.41) is 19.7. The molecule has 0 fully saturated rings. The lowest BCUT2D eigenvalue weighted by Gasteiger charge is -2.20. The molecule has 0 atom stereocenters. The second-order valence-electron chi connectivity index (χ2n) is 3.68. The number of carbonyl (C=O) groups excluding carboxylic acids is 1. The molecule has 0 aromatic carbocycles. The standard InChI is InChI=1S/C10H12F2N2O4S/c1-6(16)8-4-7(14(17)18)10(19-8)13(2-3-15)5-9(11)12/h4,9,15H,2-3,5H2,1H3. The second kappa shape index (κ2) is 6.53. The van der Waals surface area contributed by atoms with Crippen molar-refractivity contribution in [3.05, 3.63) is 21.1 Å². The van der Waals surface area contributed by atoms with Crippen LogP contribution in [0.2, 0.25) is 0 Å². The number of alkyl halides is 2. The first-order chi connectivity index (χ1) is 8.86. The molecule has 106 valence electrons. The lowest BCUT2D eigenvalue weighted by molar-refractivity contribution is -0.383. The van der Waals surface area contributed by atoms with Gasteiger partial charge >= 0.3 is 5.69 Å². The van der Waals surface area contributed by atoms with E-state index >= 15 is 0 Å². The van der Waals surface area contributed by atoms with Gasteiger partial charge in [0.25, 0.3) is 6.43 Å². The van der Waals surface area contributed by atoms with E-state index in [0.717, 1.165) is 22.3 Å². The van der Waals surface area contributed by atoms with Gasteiger partial charge in [0.15, 0.2) is 10.8 Å². The maximum atomic E-state index is 12.4. The zero-order chi connectivity index (χ0) is 14.6. The number of hydrogen-bond donors (Lipinski definition) is 1. The largest absolute Gasteiger partial charge is 0.395 e. The van der Waals surface area contributed by atoms with Gasteiger partial charge in [-0.05, 0) is 6.92 Å². The van der Waals surface area contributed by atoms with Gasteiger partial charge in [-0.3, -0.25) is 14.9 Å². The van der Waals surface area contributed by atoms with Crippen molar-refractivity contribution in [3.63, 3.8) is 0 Å². The molecule has 19 heavy (non-hydrogen) atoms. The Morgan fingerprint density at radius 3 is 2.68 bits per heavy atom. The summed E-state index contributed by atoms with van der Waals surface area (Å²) in [6.07, 6.45) is -2.70. The Hall–Kier alpha value is -1.61. The molecular formula is C10H12F2N2O4S. The Morgan fingerprint density at radius 1 is 1.63 bits per heavy atom. The molecule has 1 aromatic heterocycles. The molecular weight excluding hydrogens is 282 g/mol. The summed E-state index contributed by atoms with van der Waals surface area (Å²) in [5.74, 6) is -0.375. The predicted octanol–water partition coefficient (Wildman–Crippen LogP) is 1.92. The van der Waals surface area contributed by atoms with Gasteiger partial charge in [0.2, 0.25) is 0 Å². The number of ketones is 1. The molecule has 6 nitrogen and oxygen atoms in total. The van der Waals surface area contributed by atoms with Crippen LogP contribution in [0, 0.1) is 10.1 Å². The van der Waals surface area contributed by atoms with Crippen molar-refractivity contribution in [1.29, 1.82) is 0 Å². The van der Waals surface area contributed by atoms with Crippen LogP contribution in [0.25, 0.3) is 0 Å². The van der Waals surface area contributed by atoms with E-state index < -0.39 is 30.2 Å². The maximum Gasteiger partial charge on any atom is 0.304 e. The maximum absolute atomic E-state index is 12.4. The number of Topliss-reactive ketones (excluding diaryl/α,β-unsaturated/α-hetero) is 1. The van der Waals surface area contributed by atoms with E-state index in [9.17, 15) is 23.7 Å². The van der Waals surface area contributed by atoms with E-state index in [1.807, 2.05) is 0 Å². The number of hydrogen-bond acceptors (Lipinski definition) is 6. The number of nitrogens with zero attached hydrogens (tertiary/aromatic N) is 2. The molecule has 0 saturated heterocycles. The van der Waals surface area contributed by atoms with Gasteiger partial charge in [0, 0.05) is 12.6 Å². The number of aliphatic hydroxyl groups is 1. The summed E-state index contributed by atoms with van der Waals surface area (Å²) in [7, 11) is 0. The SMILES string of the molecule is CC(=O)c1cc([N+](=O)[O-])c(N(CCO)CC(F)F)s1. The van der Waals surface area contributed by atoms with Crippen molar-refractivity contribution in [2.75, 3.05) is 24.6 Å². The van der Waals surface area contributed by atoms with E-state index in [1.54, 1.807) is 0 Å². The normalized spacial score (nSPS) is 10.8. The molecule has 0 saturated carbocycles. The molecule has 0 aliphatic heterocycles. The summed E-state index contributed by atoms with van der Waals surface area (Å²) in [6, 6.07) is 1.07. The third-order valence-electron chi connectivity index (χ3n) is 2.25. The van der Waals surface area contributed by atoms with Gasteiger partial charge in [-0.2, -0.15) is 0 Å². The molecule has 0 amide bonds. The van der Waals surface area contributed by atoms with Crippen molar-refractivity contribution in [1.82, 2.24) is 0 Å². The Morgan fingerprint density at radius 2 is 2.26 bits per heavy atom. The Balaban J connectivity index is 3.19. The van der Waals surface area contributed by atoms with Gasteiger partial charge in [0.1, 0.15) is 0 Å². The fraction of sp³-hybridized carbons (Fsp3) is 0.500. The molecule has 9 heteroatoms. The smallest absolute Gasteiger partial charge is 0.304 e. The lowest BCUT2D eigenvalue weighted by Crippen LogP contribution is -2.31. The molecule has 0 aliphatic rings. The Kier molecular flexibility index (Phi) is 5.31. The highest BCUT2D eigenvalue weighted by Crippen LogP contribution is 2.38. The zero-order valence-corrected chi connectivity index (χ0v) is 10.8. The summed E-state index contributed by atoms with van der Waals surface area (Å²) in [4.78, 5) is 22.5. The summed E-state index contributed by atoms with van der Waals surface area (Å²) in [5.41, 5.74) is -0.399. The van der Waals surface area contributed by atoms with Crippen LogP contribution in [0.5, 0.6) is 0 Å². The highest BCUT2D eigenvalue weighted by Gasteiger charge is 2.26. The molecule has 0 aliphatic carbocycles. The number of thiophene rings is 1. The number of nitro groups is 1. The van der Waals surface area contributed by atoms with Gasteiger partial charge in [-0.15, -0.1) is 11.3 Å². The fourth-order valence-corrected chi connectivity index (χ4v) is 2.52. The van der Waals surface area contributed by atoms with E-state index in [4.69, 9.17) is 5.11 Å². The van der Waals surface area contributed by atoms with Crippen LogP contribution >= 0.6 is 11.3 Å². The highest BCUT2D eigenvalue weighted by molar-refractivity contribution is 7.18. The third kappa shape index (κ3) is 3.93. The first kappa shape index (κ1) is 15.4. The van der Waals surface area contributed by atoms with Crippen LogP contribution in [-0.4, -0.2) is 41.9 Å². The van der Waals surface area contributed by atoms with Crippen LogP contribution in [-0.2, 0) is 0 Å². The number of carbonyl (C=O) groups is 1. The Bertz CT molecular complexity index is 478. The minimum absolute atomic E-state index is 0.0375. The first-order valence-corrected chi connectivity index (χ1v) is 6.11. The van der Waals surface area contributed by atoms with Crippen molar-refractivity contribution in [2.45, 2.75) is 13.3 Å². The average molecular weight is 294 g/mol. The molecule has 1 N–H and O–H groups in total. The molecule has 0 bridgehead atoms. The Labute approximate surface area is 111 Å². The first-order valence-electron chi connectivity index (χ1n) is 5.30. The van der Waals surface area contributed by atoms with E-state index in [1.165, 1.54) is 6.92 Å². The van der Waals surface area contributed by atoms with Crippen molar-refractivity contribution in [2.24, 2.45) is 0 Å². The van der Waals surface area contributed by atoms with Crippen LogP contribution in [0.3, 0.4) is 0 Å². The number of aliphatic hydroxyl groups excluding tert-OH is 1. The summed E-state index contributed by atoms with van der Waals surface area (Å²) >= 11 is 0.776. The van der Waals surface area contributed by atoms with Gasteiger partial charge in [0.05, 0.1) is 23.0 Å². The quantitative estimate of drug-likeness (QED) is 0.472. The van der Waals surface area contributed by atoms with Gasteiger partial charge in [-0.25, -0.2) is 8.78 Å². The van der Waals surface area contributed by atoms with Crippen molar-refractivity contribution in [3.8, 4) is 0 Å². The monoisotopic (exact) mass is 294 g/mol. The molecule has 1 aromatic rings. The minimum Gasteiger partial charge on any atom is -0.395 e. The number of anilines is 1. The van der Waals surface area contributed by atoms with Crippen LogP contribution in [0.1, 0.15) is 16.6 Å². The van der Waals surface area contributed by atoms with Crippen LogP contribution in [0.4, 0.5) is 19.5 Å². The van der Waals surface area contributed by atoms with E-state index in [2.05, 4.69) is 0 Å². The fourth-order valence-electron chi connectivity index (χ4n) is 1.47.